The van der Waals surface area contributed by atoms with Gasteiger partial charge in [0.2, 0.25) is 0 Å². The smallest absolute Gasteiger partial charge is 0.0700 e. The molecule has 4 unspecified atom stereocenters. The van der Waals surface area contributed by atoms with Crippen LogP contribution < -0.4 is 0 Å². The van der Waals surface area contributed by atoms with Crippen molar-refractivity contribution in [1.82, 2.24) is 19.9 Å². The van der Waals surface area contributed by atoms with E-state index in [9.17, 15) is 0 Å². The van der Waals surface area contributed by atoms with Gasteiger partial charge in [0, 0.05) is 45.7 Å². The summed E-state index contributed by atoms with van der Waals surface area (Å²) in [5.74, 6) is 1.86. The molecule has 11 rings (SSSR count). The molecular formula is C32H26N4. The van der Waals surface area contributed by atoms with Crippen molar-refractivity contribution in [3.8, 4) is 0 Å². The molecule has 5 heterocycles. The van der Waals surface area contributed by atoms with Crippen LogP contribution in [0.2, 0.25) is 0 Å². The van der Waals surface area contributed by atoms with Gasteiger partial charge in [0.05, 0.1) is 22.8 Å². The van der Waals surface area contributed by atoms with Gasteiger partial charge in [-0.1, -0.05) is 24.3 Å². The number of fused-ring (bicyclic) bond motifs is 10. The molecule has 8 aliphatic rings. The number of hydrogen-bond donors (Lipinski definition) is 2. The van der Waals surface area contributed by atoms with E-state index < -0.39 is 0 Å². The van der Waals surface area contributed by atoms with Crippen LogP contribution in [0.3, 0.4) is 0 Å². The van der Waals surface area contributed by atoms with Crippen LogP contribution in [0.1, 0.15) is 48.5 Å². The molecule has 0 amide bonds. The number of rotatable bonds is 0. The molecule has 6 aliphatic carbocycles. The zero-order valence-electron chi connectivity index (χ0n) is 20.0. The molecule has 4 heteroatoms. The first kappa shape index (κ1) is 19.3. The minimum atomic E-state index is 0.464. The average Bonchev–Trinajstić information content (AvgIpc) is 3.70. The zero-order valence-corrected chi connectivity index (χ0v) is 20.0. The van der Waals surface area contributed by atoms with Gasteiger partial charge < -0.3 is 9.97 Å². The maximum atomic E-state index is 5.30. The predicted molar refractivity (Wildman–Crippen MR) is 145 cm³/mol. The van der Waals surface area contributed by atoms with Crippen molar-refractivity contribution in [1.29, 1.82) is 0 Å². The quantitative estimate of drug-likeness (QED) is 0.341. The lowest BCUT2D eigenvalue weighted by molar-refractivity contribution is 0.557. The second-order valence-corrected chi connectivity index (χ2v) is 11.1. The molecule has 3 aromatic rings. The summed E-state index contributed by atoms with van der Waals surface area (Å²) < 4.78 is 0. The van der Waals surface area contributed by atoms with Crippen LogP contribution in [0.15, 0.2) is 72.8 Å². The molecule has 174 valence electrons. The molecule has 36 heavy (non-hydrogen) atoms. The van der Waals surface area contributed by atoms with E-state index in [0.29, 0.717) is 23.7 Å². The summed E-state index contributed by atoms with van der Waals surface area (Å²) in [5, 5.41) is 0. The van der Waals surface area contributed by atoms with E-state index in [0.717, 1.165) is 44.8 Å². The van der Waals surface area contributed by atoms with Crippen molar-refractivity contribution in [2.24, 2.45) is 23.7 Å². The Morgan fingerprint density at radius 2 is 0.778 bits per heavy atom. The molecule has 2 aliphatic heterocycles. The van der Waals surface area contributed by atoms with E-state index in [4.69, 9.17) is 9.97 Å². The second kappa shape index (κ2) is 6.85. The van der Waals surface area contributed by atoms with Gasteiger partial charge in [-0.2, -0.15) is 0 Å². The Bertz CT molecular complexity index is 1650. The Morgan fingerprint density at radius 3 is 1.14 bits per heavy atom. The predicted octanol–water partition coefficient (Wildman–Crippen LogP) is 7.33. The molecule has 4 nitrogen and oxygen atoms in total. The second-order valence-electron chi connectivity index (χ2n) is 11.1. The summed E-state index contributed by atoms with van der Waals surface area (Å²) in [7, 11) is 0. The molecule has 0 saturated carbocycles. The Morgan fingerprint density at radius 1 is 0.444 bits per heavy atom. The standard InChI is InChI=1S/C32H26N4/c1-5-19-6-2-17(1)29-25-14-23-11-9-21(33-23)13-22-10-12-24(34-22)15-26-30-18-3-7-20(8-4-18)32(30)28(36-26)16-27(35-25)31(19)29/h1,3,5,7,9-20,33-34H,2,4,6,8H2. The van der Waals surface area contributed by atoms with Gasteiger partial charge in [-0.15, -0.1) is 0 Å². The van der Waals surface area contributed by atoms with Crippen LogP contribution in [0.5, 0.6) is 0 Å². The number of nitrogens with one attached hydrogen (secondary N) is 2. The number of aromatic amines is 2. The van der Waals surface area contributed by atoms with Crippen LogP contribution in [0, 0.1) is 23.7 Å². The highest BCUT2D eigenvalue weighted by atomic mass is 14.8. The Labute approximate surface area is 209 Å². The molecular weight excluding hydrogens is 440 g/mol. The normalized spacial score (nSPS) is 27.1. The van der Waals surface area contributed by atoms with Gasteiger partial charge in [-0.3, -0.25) is 0 Å². The van der Waals surface area contributed by atoms with Crippen molar-refractivity contribution < 1.29 is 0 Å². The van der Waals surface area contributed by atoms with Crippen LogP contribution in [-0.2, 0) is 0 Å². The molecule has 12 bridgehead atoms. The fourth-order valence-corrected chi connectivity index (χ4v) is 7.44. The molecule has 0 saturated heterocycles. The Balaban J connectivity index is 1.39. The highest BCUT2D eigenvalue weighted by Crippen LogP contribution is 2.53. The fraction of sp³-hybridized carbons (Fsp3) is 0.250. The first-order valence-corrected chi connectivity index (χ1v) is 13.3. The van der Waals surface area contributed by atoms with Gasteiger partial charge in [-0.05, 0) is 96.5 Å². The molecule has 0 aromatic carbocycles. The van der Waals surface area contributed by atoms with Gasteiger partial charge >= 0.3 is 0 Å². The average molecular weight is 467 g/mol. The maximum Gasteiger partial charge on any atom is 0.0700 e. The summed E-state index contributed by atoms with van der Waals surface area (Å²) in [5.41, 5.74) is 14.6. The van der Waals surface area contributed by atoms with Crippen molar-refractivity contribution in [3.05, 3.63) is 95.6 Å². The largest absolute Gasteiger partial charge is 0.355 e. The van der Waals surface area contributed by atoms with Crippen LogP contribution in [-0.4, -0.2) is 19.9 Å². The minimum absolute atomic E-state index is 0.464. The molecule has 3 aromatic heterocycles. The number of H-pyrrole nitrogens is 2. The first-order valence-electron chi connectivity index (χ1n) is 13.3. The summed E-state index contributed by atoms with van der Waals surface area (Å²) in [6.45, 7) is 0. The Hall–Kier alpha value is -3.92. The lowest BCUT2D eigenvalue weighted by Gasteiger charge is -2.33. The fourth-order valence-electron chi connectivity index (χ4n) is 7.44. The van der Waals surface area contributed by atoms with E-state index >= 15 is 0 Å². The molecule has 4 atom stereocenters. The molecule has 0 spiro atoms. The lowest BCUT2D eigenvalue weighted by Crippen LogP contribution is -2.19. The third-order valence-corrected chi connectivity index (χ3v) is 9.01. The molecule has 0 radical (unpaired) electrons. The van der Waals surface area contributed by atoms with Crippen molar-refractivity contribution in [3.63, 3.8) is 0 Å². The van der Waals surface area contributed by atoms with Gasteiger partial charge in [0.15, 0.2) is 0 Å². The van der Waals surface area contributed by atoms with Crippen LogP contribution in [0.25, 0.3) is 44.4 Å². The monoisotopic (exact) mass is 466 g/mol. The van der Waals surface area contributed by atoms with E-state index in [1.807, 2.05) is 0 Å². The molecule has 0 fully saturated rings. The van der Waals surface area contributed by atoms with E-state index in [1.165, 1.54) is 48.0 Å². The van der Waals surface area contributed by atoms with Gasteiger partial charge in [0.1, 0.15) is 0 Å². The Kier molecular flexibility index (Phi) is 3.67. The van der Waals surface area contributed by atoms with Crippen molar-refractivity contribution >= 4 is 44.4 Å². The highest BCUT2D eigenvalue weighted by Gasteiger charge is 2.39. The number of aromatic nitrogens is 4. The zero-order chi connectivity index (χ0) is 23.4. The topological polar surface area (TPSA) is 57.4 Å². The lowest BCUT2D eigenvalue weighted by atomic mass is 9.70. The van der Waals surface area contributed by atoms with Crippen LogP contribution in [0.4, 0.5) is 0 Å². The number of hydrogen-bond acceptors (Lipinski definition) is 2. The summed E-state index contributed by atoms with van der Waals surface area (Å²) in [6.07, 6.45) is 14.5. The third kappa shape index (κ3) is 2.64. The first-order chi connectivity index (χ1) is 17.8. The summed E-state index contributed by atoms with van der Waals surface area (Å²) in [4.78, 5) is 17.8. The van der Waals surface area contributed by atoms with Crippen LogP contribution >= 0.6 is 0 Å². The third-order valence-electron chi connectivity index (χ3n) is 9.01. The molecule has 2 N–H and O–H groups in total. The van der Waals surface area contributed by atoms with Crippen molar-refractivity contribution in [2.45, 2.75) is 25.7 Å². The summed E-state index contributed by atoms with van der Waals surface area (Å²) >= 11 is 0. The van der Waals surface area contributed by atoms with E-state index in [-0.39, 0.29) is 0 Å². The van der Waals surface area contributed by atoms with E-state index in [2.05, 4.69) is 82.8 Å². The van der Waals surface area contributed by atoms with Gasteiger partial charge in [-0.25, -0.2) is 9.97 Å². The number of nitrogens with zero attached hydrogens (tertiary/aromatic N) is 2. The maximum absolute atomic E-state index is 5.30. The summed E-state index contributed by atoms with van der Waals surface area (Å²) in [6, 6.07) is 17.6. The minimum Gasteiger partial charge on any atom is -0.355 e. The van der Waals surface area contributed by atoms with E-state index in [1.54, 1.807) is 0 Å². The SMILES string of the molecule is C1=CC2CCC1C1=C2c2cc3ccc(cc4ccc(cc5nc(cc1n2)C1=C5C2C=CC1CC2)[nH]4)[nH]3. The van der Waals surface area contributed by atoms with Crippen molar-refractivity contribution in [2.75, 3.05) is 0 Å². The highest BCUT2D eigenvalue weighted by molar-refractivity contribution is 6.00. The van der Waals surface area contributed by atoms with Gasteiger partial charge in [0.25, 0.3) is 0 Å². The number of allylic oxidation sites excluding steroid dienone is 8.